The van der Waals surface area contributed by atoms with Crippen LogP contribution in [0.2, 0.25) is 0 Å². The summed E-state index contributed by atoms with van der Waals surface area (Å²) in [5, 5.41) is 13.8. The van der Waals surface area contributed by atoms with Crippen molar-refractivity contribution in [3.8, 4) is 5.75 Å². The molecule has 0 fully saturated rings. The zero-order valence-corrected chi connectivity index (χ0v) is 12.6. The Bertz CT molecular complexity index is 469. The molecular formula is C15H22N2O4. The van der Waals surface area contributed by atoms with Gasteiger partial charge in [-0.3, -0.25) is 9.59 Å². The fourth-order valence-electron chi connectivity index (χ4n) is 1.41. The fourth-order valence-corrected chi connectivity index (χ4v) is 1.41. The Morgan fingerprint density at radius 3 is 2.29 bits per heavy atom. The molecule has 6 nitrogen and oxygen atoms in total. The van der Waals surface area contributed by atoms with Crippen molar-refractivity contribution in [3.63, 3.8) is 0 Å². The molecule has 0 aliphatic heterocycles. The number of benzene rings is 1. The second kappa shape index (κ2) is 8.26. The summed E-state index contributed by atoms with van der Waals surface area (Å²) < 4.78 is 5.52. The smallest absolute Gasteiger partial charge is 0.313 e. The van der Waals surface area contributed by atoms with Crippen LogP contribution in [0.5, 0.6) is 5.75 Å². The molecule has 1 rings (SSSR count). The van der Waals surface area contributed by atoms with Crippen LogP contribution in [0.1, 0.15) is 20.8 Å². The predicted molar refractivity (Wildman–Crippen MR) is 80.1 cm³/mol. The predicted octanol–water partition coefficient (Wildman–Crippen LogP) is 1.16. The molecule has 0 radical (unpaired) electrons. The molecule has 6 heteroatoms. The van der Waals surface area contributed by atoms with Crippen LogP contribution in [0.4, 0.5) is 5.69 Å². The first-order valence-electron chi connectivity index (χ1n) is 6.88. The fraction of sp³-hybridized carbons (Fsp3) is 0.467. The van der Waals surface area contributed by atoms with Gasteiger partial charge in [0.25, 0.3) is 0 Å². The van der Waals surface area contributed by atoms with Crippen LogP contribution < -0.4 is 15.4 Å². The maximum Gasteiger partial charge on any atom is 0.313 e. The van der Waals surface area contributed by atoms with E-state index in [-0.39, 0.29) is 6.54 Å². The van der Waals surface area contributed by atoms with Gasteiger partial charge in [-0.2, -0.15) is 0 Å². The highest BCUT2D eigenvalue weighted by atomic mass is 16.5. The SMILES string of the molecule is CC(C)COc1ccc(NC(=O)C(=O)NC[C@@H](C)O)cc1. The number of aliphatic hydroxyl groups is 1. The first-order valence-corrected chi connectivity index (χ1v) is 6.88. The summed E-state index contributed by atoms with van der Waals surface area (Å²) in [4.78, 5) is 23.0. The average molecular weight is 294 g/mol. The number of anilines is 1. The molecule has 0 aliphatic rings. The molecule has 0 heterocycles. The molecule has 0 saturated carbocycles. The van der Waals surface area contributed by atoms with Gasteiger partial charge in [0, 0.05) is 12.2 Å². The van der Waals surface area contributed by atoms with Gasteiger partial charge in [0.2, 0.25) is 0 Å². The minimum atomic E-state index is -0.781. The van der Waals surface area contributed by atoms with Gasteiger partial charge in [0.15, 0.2) is 0 Å². The summed E-state index contributed by atoms with van der Waals surface area (Å²) in [6.45, 7) is 6.29. The lowest BCUT2D eigenvalue weighted by Crippen LogP contribution is -2.38. The van der Waals surface area contributed by atoms with Crippen molar-refractivity contribution in [2.45, 2.75) is 26.9 Å². The van der Waals surface area contributed by atoms with E-state index in [1.807, 2.05) is 0 Å². The lowest BCUT2D eigenvalue weighted by atomic mass is 10.2. The largest absolute Gasteiger partial charge is 0.493 e. The van der Waals surface area contributed by atoms with Gasteiger partial charge in [0.1, 0.15) is 5.75 Å². The van der Waals surface area contributed by atoms with Gasteiger partial charge >= 0.3 is 11.8 Å². The minimum Gasteiger partial charge on any atom is -0.493 e. The Morgan fingerprint density at radius 2 is 1.76 bits per heavy atom. The van der Waals surface area contributed by atoms with Crippen molar-refractivity contribution in [3.05, 3.63) is 24.3 Å². The summed E-state index contributed by atoms with van der Waals surface area (Å²) in [6, 6.07) is 6.78. The van der Waals surface area contributed by atoms with Crippen LogP contribution in [0.15, 0.2) is 24.3 Å². The summed E-state index contributed by atoms with van der Waals surface area (Å²) in [5.41, 5.74) is 0.504. The van der Waals surface area contributed by atoms with E-state index in [1.54, 1.807) is 24.3 Å². The summed E-state index contributed by atoms with van der Waals surface area (Å²) >= 11 is 0. The van der Waals surface area contributed by atoms with E-state index < -0.39 is 17.9 Å². The molecule has 1 aromatic rings. The Kier molecular flexibility index (Phi) is 6.68. The lowest BCUT2D eigenvalue weighted by Gasteiger charge is -2.10. The maximum atomic E-state index is 11.6. The molecule has 116 valence electrons. The number of aliphatic hydroxyl groups excluding tert-OH is 1. The third kappa shape index (κ3) is 6.76. The molecule has 0 saturated heterocycles. The van der Waals surface area contributed by atoms with Crippen molar-refractivity contribution in [1.29, 1.82) is 0 Å². The molecule has 0 aliphatic carbocycles. The second-order valence-electron chi connectivity index (χ2n) is 5.24. The Labute approximate surface area is 124 Å². The van der Waals surface area contributed by atoms with Crippen LogP contribution in [0, 0.1) is 5.92 Å². The number of hydrogen-bond acceptors (Lipinski definition) is 4. The van der Waals surface area contributed by atoms with E-state index in [0.717, 1.165) is 0 Å². The van der Waals surface area contributed by atoms with Gasteiger partial charge < -0.3 is 20.5 Å². The Morgan fingerprint density at radius 1 is 1.14 bits per heavy atom. The number of hydrogen-bond donors (Lipinski definition) is 3. The summed E-state index contributed by atoms with van der Waals surface area (Å²) in [7, 11) is 0. The topological polar surface area (TPSA) is 87.7 Å². The Hall–Kier alpha value is -2.08. The number of amides is 2. The van der Waals surface area contributed by atoms with Gasteiger partial charge in [-0.1, -0.05) is 13.8 Å². The van der Waals surface area contributed by atoms with Crippen molar-refractivity contribution in [2.24, 2.45) is 5.92 Å². The van der Waals surface area contributed by atoms with E-state index in [4.69, 9.17) is 9.84 Å². The van der Waals surface area contributed by atoms with Gasteiger partial charge in [-0.25, -0.2) is 0 Å². The molecule has 0 bridgehead atoms. The van der Waals surface area contributed by atoms with Crippen molar-refractivity contribution < 1.29 is 19.4 Å². The first-order chi connectivity index (χ1) is 9.88. The van der Waals surface area contributed by atoms with Gasteiger partial charge in [-0.05, 0) is 37.1 Å². The maximum absolute atomic E-state index is 11.6. The number of carbonyl (C=O) groups excluding carboxylic acids is 2. The number of carbonyl (C=O) groups is 2. The van der Waals surface area contributed by atoms with Crippen LogP contribution in [-0.2, 0) is 9.59 Å². The number of nitrogens with one attached hydrogen (secondary N) is 2. The summed E-state index contributed by atoms with van der Waals surface area (Å²) in [5.74, 6) is -0.412. The van der Waals surface area contributed by atoms with E-state index in [0.29, 0.717) is 24.0 Å². The summed E-state index contributed by atoms with van der Waals surface area (Å²) in [6.07, 6.45) is -0.695. The van der Waals surface area contributed by atoms with Crippen LogP contribution >= 0.6 is 0 Å². The normalized spacial score (nSPS) is 11.9. The highest BCUT2D eigenvalue weighted by molar-refractivity contribution is 6.39. The lowest BCUT2D eigenvalue weighted by molar-refractivity contribution is -0.136. The zero-order valence-electron chi connectivity index (χ0n) is 12.6. The van der Waals surface area contributed by atoms with E-state index >= 15 is 0 Å². The molecule has 1 atom stereocenters. The quantitative estimate of drug-likeness (QED) is 0.687. The molecule has 0 spiro atoms. The Balaban J connectivity index is 2.47. The standard InChI is InChI=1S/C15H22N2O4/c1-10(2)9-21-13-6-4-12(5-7-13)17-15(20)14(19)16-8-11(3)18/h4-7,10-11,18H,8-9H2,1-3H3,(H,16,19)(H,17,20)/t11-/m1/s1. The van der Waals surface area contributed by atoms with Crippen LogP contribution in [0.3, 0.4) is 0 Å². The van der Waals surface area contributed by atoms with Gasteiger partial charge in [0.05, 0.1) is 12.7 Å². The number of rotatable bonds is 6. The third-order valence-corrected chi connectivity index (χ3v) is 2.46. The molecule has 21 heavy (non-hydrogen) atoms. The van der Waals surface area contributed by atoms with Crippen molar-refractivity contribution >= 4 is 17.5 Å². The molecule has 1 aromatic carbocycles. The molecule has 0 aromatic heterocycles. The number of ether oxygens (including phenoxy) is 1. The van der Waals surface area contributed by atoms with E-state index in [1.165, 1.54) is 6.92 Å². The van der Waals surface area contributed by atoms with Crippen LogP contribution in [-0.4, -0.2) is 36.2 Å². The highest BCUT2D eigenvalue weighted by Crippen LogP contribution is 2.16. The van der Waals surface area contributed by atoms with Gasteiger partial charge in [-0.15, -0.1) is 0 Å². The first kappa shape index (κ1) is 17.0. The minimum absolute atomic E-state index is 0.0359. The van der Waals surface area contributed by atoms with E-state index in [2.05, 4.69) is 24.5 Å². The highest BCUT2D eigenvalue weighted by Gasteiger charge is 2.13. The van der Waals surface area contributed by atoms with Crippen LogP contribution in [0.25, 0.3) is 0 Å². The van der Waals surface area contributed by atoms with Crippen molar-refractivity contribution in [2.75, 3.05) is 18.5 Å². The molecular weight excluding hydrogens is 272 g/mol. The average Bonchev–Trinajstić information content (AvgIpc) is 2.43. The monoisotopic (exact) mass is 294 g/mol. The van der Waals surface area contributed by atoms with E-state index in [9.17, 15) is 9.59 Å². The zero-order chi connectivity index (χ0) is 15.8. The second-order valence-corrected chi connectivity index (χ2v) is 5.24. The molecule has 0 unspecified atom stereocenters. The third-order valence-electron chi connectivity index (χ3n) is 2.46. The van der Waals surface area contributed by atoms with Crippen molar-refractivity contribution in [1.82, 2.24) is 5.32 Å². The molecule has 2 amide bonds. The molecule has 3 N–H and O–H groups in total.